The van der Waals surface area contributed by atoms with E-state index in [2.05, 4.69) is 10.6 Å². The van der Waals surface area contributed by atoms with Gasteiger partial charge in [-0.3, -0.25) is 10.1 Å². The predicted octanol–water partition coefficient (Wildman–Crippen LogP) is 3.22. The van der Waals surface area contributed by atoms with Gasteiger partial charge in [-0.15, -0.1) is 0 Å². The Morgan fingerprint density at radius 2 is 1.83 bits per heavy atom. The highest BCUT2D eigenvalue weighted by atomic mass is 19.4. The van der Waals surface area contributed by atoms with Gasteiger partial charge >= 0.3 is 6.18 Å². The average Bonchev–Trinajstić information content (AvgIpc) is 2.58. The number of benzene rings is 1. The minimum absolute atomic E-state index is 0.0723. The quantitative estimate of drug-likeness (QED) is 0.810. The number of amides is 1. The largest absolute Gasteiger partial charge is 0.407 e. The van der Waals surface area contributed by atoms with Crippen molar-refractivity contribution in [2.45, 2.75) is 49.9 Å². The Bertz CT molecular complexity index is 589. The molecule has 1 unspecified atom stereocenters. The average molecular weight is 339 g/mol. The predicted molar refractivity (Wildman–Crippen MR) is 82.8 cm³/mol. The normalized spacial score (nSPS) is 18.4. The van der Waals surface area contributed by atoms with E-state index in [0.717, 1.165) is 6.42 Å². The van der Waals surface area contributed by atoms with Gasteiger partial charge in [-0.2, -0.15) is 18.4 Å². The summed E-state index contributed by atoms with van der Waals surface area (Å²) in [4.78, 5) is 12.5. The van der Waals surface area contributed by atoms with Crippen LogP contribution in [0.5, 0.6) is 0 Å². The molecule has 1 aromatic carbocycles. The SMILES string of the molecule is N#CCNC(=O)C1(NC(c2ccccc2)C(F)(F)F)CCCCC1. The first-order valence-corrected chi connectivity index (χ1v) is 7.94. The number of nitrogens with zero attached hydrogens (tertiary/aromatic N) is 1. The number of hydrogen-bond acceptors (Lipinski definition) is 3. The molecule has 1 saturated carbocycles. The van der Waals surface area contributed by atoms with E-state index < -0.39 is 23.7 Å². The molecule has 1 aliphatic carbocycles. The summed E-state index contributed by atoms with van der Waals surface area (Å²) in [5.74, 6) is -0.533. The molecule has 0 heterocycles. The summed E-state index contributed by atoms with van der Waals surface area (Å²) in [6, 6.07) is 7.38. The molecule has 0 saturated heterocycles. The molecule has 1 aromatic rings. The van der Waals surface area contributed by atoms with Gasteiger partial charge in [0.1, 0.15) is 12.6 Å². The first-order chi connectivity index (χ1) is 11.4. The van der Waals surface area contributed by atoms with Crippen molar-refractivity contribution in [1.82, 2.24) is 10.6 Å². The van der Waals surface area contributed by atoms with E-state index in [9.17, 15) is 18.0 Å². The Labute approximate surface area is 139 Å². The highest BCUT2D eigenvalue weighted by molar-refractivity contribution is 5.86. The summed E-state index contributed by atoms with van der Waals surface area (Å²) in [6.07, 6.45) is -1.65. The highest BCUT2D eigenvalue weighted by Crippen LogP contribution is 2.38. The molecular weight excluding hydrogens is 319 g/mol. The number of nitriles is 1. The second-order valence-corrected chi connectivity index (χ2v) is 6.01. The Morgan fingerprint density at radius 3 is 2.38 bits per heavy atom. The van der Waals surface area contributed by atoms with Gasteiger partial charge in [0.15, 0.2) is 0 Å². The van der Waals surface area contributed by atoms with Gasteiger partial charge in [0.2, 0.25) is 5.91 Å². The molecule has 1 amide bonds. The minimum atomic E-state index is -4.53. The molecule has 0 radical (unpaired) electrons. The van der Waals surface area contributed by atoms with E-state index in [4.69, 9.17) is 5.26 Å². The van der Waals surface area contributed by atoms with E-state index in [1.165, 1.54) is 12.1 Å². The Hall–Kier alpha value is -2.07. The molecule has 0 spiro atoms. The number of carbonyl (C=O) groups is 1. The maximum atomic E-state index is 13.6. The van der Waals surface area contributed by atoms with Crippen LogP contribution in [0.4, 0.5) is 13.2 Å². The fraction of sp³-hybridized carbons (Fsp3) is 0.529. The van der Waals surface area contributed by atoms with Crippen molar-refractivity contribution in [3.63, 3.8) is 0 Å². The number of hydrogen-bond donors (Lipinski definition) is 2. The van der Waals surface area contributed by atoms with Crippen LogP contribution in [0.15, 0.2) is 30.3 Å². The summed E-state index contributed by atoms with van der Waals surface area (Å²) < 4.78 is 40.8. The van der Waals surface area contributed by atoms with Crippen LogP contribution in [-0.4, -0.2) is 24.2 Å². The molecule has 130 valence electrons. The second kappa shape index (κ2) is 7.67. The molecule has 1 atom stereocenters. The maximum Gasteiger partial charge on any atom is 0.407 e. The minimum Gasteiger partial charge on any atom is -0.341 e. The van der Waals surface area contributed by atoms with Crippen LogP contribution in [0.3, 0.4) is 0 Å². The molecule has 2 N–H and O–H groups in total. The Kier molecular flexibility index (Phi) is 5.84. The first kappa shape index (κ1) is 18.3. The lowest BCUT2D eigenvalue weighted by atomic mass is 9.79. The van der Waals surface area contributed by atoms with E-state index in [1.807, 2.05) is 0 Å². The van der Waals surface area contributed by atoms with Crippen molar-refractivity contribution < 1.29 is 18.0 Å². The van der Waals surface area contributed by atoms with Crippen molar-refractivity contribution in [2.24, 2.45) is 0 Å². The third-order valence-electron chi connectivity index (χ3n) is 4.35. The topological polar surface area (TPSA) is 64.9 Å². The van der Waals surface area contributed by atoms with Gasteiger partial charge in [-0.05, 0) is 18.4 Å². The van der Waals surface area contributed by atoms with E-state index in [-0.39, 0.29) is 12.1 Å². The van der Waals surface area contributed by atoms with Gasteiger partial charge < -0.3 is 5.32 Å². The van der Waals surface area contributed by atoms with Gasteiger partial charge in [-0.1, -0.05) is 49.6 Å². The molecule has 4 nitrogen and oxygen atoms in total. The number of rotatable bonds is 5. The standard InChI is InChI=1S/C17H20F3N3O/c18-17(19,20)14(13-7-3-1-4-8-13)23-16(9-5-2-6-10-16)15(24)22-12-11-21/h1,3-4,7-8,14,23H,2,5-6,9-10,12H2,(H,22,24). The summed E-state index contributed by atoms with van der Waals surface area (Å²) in [7, 11) is 0. The molecule has 0 bridgehead atoms. The third-order valence-corrected chi connectivity index (χ3v) is 4.35. The molecule has 7 heteroatoms. The van der Waals surface area contributed by atoms with Crippen molar-refractivity contribution in [2.75, 3.05) is 6.54 Å². The van der Waals surface area contributed by atoms with Crippen molar-refractivity contribution in [3.8, 4) is 6.07 Å². The lowest BCUT2D eigenvalue weighted by Gasteiger charge is -2.40. The zero-order chi connectivity index (χ0) is 17.6. The van der Waals surface area contributed by atoms with E-state index in [0.29, 0.717) is 25.7 Å². The Morgan fingerprint density at radius 1 is 1.21 bits per heavy atom. The first-order valence-electron chi connectivity index (χ1n) is 7.94. The highest BCUT2D eigenvalue weighted by Gasteiger charge is 2.48. The van der Waals surface area contributed by atoms with Crippen LogP contribution in [0.1, 0.15) is 43.7 Å². The fourth-order valence-electron chi connectivity index (χ4n) is 3.16. The molecule has 1 aliphatic rings. The number of halogens is 3. The Balaban J connectivity index is 2.31. The van der Waals surface area contributed by atoms with Gasteiger partial charge in [0.25, 0.3) is 0 Å². The van der Waals surface area contributed by atoms with E-state index in [1.54, 1.807) is 24.3 Å². The zero-order valence-corrected chi connectivity index (χ0v) is 13.2. The zero-order valence-electron chi connectivity index (χ0n) is 13.2. The van der Waals surface area contributed by atoms with Crippen LogP contribution in [-0.2, 0) is 4.79 Å². The lowest BCUT2D eigenvalue weighted by molar-refractivity contribution is -0.166. The molecular formula is C17H20F3N3O. The monoisotopic (exact) mass is 339 g/mol. The fourth-order valence-corrected chi connectivity index (χ4v) is 3.16. The summed E-state index contributed by atoms with van der Waals surface area (Å²) in [6.45, 7) is -0.218. The number of alkyl halides is 3. The third kappa shape index (κ3) is 4.26. The summed E-state index contributed by atoms with van der Waals surface area (Å²) in [5.41, 5.74) is -1.23. The molecule has 0 aromatic heterocycles. The van der Waals surface area contributed by atoms with Crippen molar-refractivity contribution >= 4 is 5.91 Å². The maximum absolute atomic E-state index is 13.6. The molecule has 24 heavy (non-hydrogen) atoms. The lowest BCUT2D eigenvalue weighted by Crippen LogP contribution is -2.60. The van der Waals surface area contributed by atoms with Crippen LogP contribution in [0.2, 0.25) is 0 Å². The van der Waals surface area contributed by atoms with Gasteiger partial charge in [-0.25, -0.2) is 0 Å². The molecule has 1 fully saturated rings. The van der Waals surface area contributed by atoms with Crippen molar-refractivity contribution in [3.05, 3.63) is 35.9 Å². The smallest absolute Gasteiger partial charge is 0.341 e. The van der Waals surface area contributed by atoms with Crippen LogP contribution >= 0.6 is 0 Å². The van der Waals surface area contributed by atoms with Crippen LogP contribution < -0.4 is 10.6 Å². The second-order valence-electron chi connectivity index (χ2n) is 6.01. The van der Waals surface area contributed by atoms with Gasteiger partial charge in [0, 0.05) is 0 Å². The summed E-state index contributed by atoms with van der Waals surface area (Å²) >= 11 is 0. The van der Waals surface area contributed by atoms with E-state index >= 15 is 0 Å². The molecule has 0 aliphatic heterocycles. The number of nitrogens with one attached hydrogen (secondary N) is 2. The van der Waals surface area contributed by atoms with Gasteiger partial charge in [0.05, 0.1) is 11.6 Å². The van der Waals surface area contributed by atoms with Crippen LogP contribution in [0, 0.1) is 11.3 Å². The summed E-state index contributed by atoms with van der Waals surface area (Å²) in [5, 5.41) is 13.6. The van der Waals surface area contributed by atoms with Crippen LogP contribution in [0.25, 0.3) is 0 Å². The number of carbonyl (C=O) groups excluding carboxylic acids is 1. The molecule has 2 rings (SSSR count). The van der Waals surface area contributed by atoms with Crippen molar-refractivity contribution in [1.29, 1.82) is 5.26 Å².